The van der Waals surface area contributed by atoms with E-state index in [0.717, 1.165) is 38.2 Å². The van der Waals surface area contributed by atoms with E-state index < -0.39 is 5.60 Å². The number of nitrogens with zero attached hydrogens (tertiary/aromatic N) is 2. The van der Waals surface area contributed by atoms with Gasteiger partial charge in [0.25, 0.3) is 0 Å². The number of nitrogens with two attached hydrogens (primary N) is 1. The summed E-state index contributed by atoms with van der Waals surface area (Å²) < 4.78 is 5.64. The molecule has 0 saturated carbocycles. The standard InChI is InChI=1S/C15H25N3O2/c1-11(2)20-14-12(16)5-6-13(17-14)18-9-4-7-15(3,19)8-10-18/h5-6,11,19H,4,7-10,16H2,1-3H3. The van der Waals surface area contributed by atoms with Gasteiger partial charge < -0.3 is 20.5 Å². The molecule has 1 fully saturated rings. The van der Waals surface area contributed by atoms with Crippen molar-refractivity contribution in [3.63, 3.8) is 0 Å². The number of aliphatic hydroxyl groups is 1. The lowest BCUT2D eigenvalue weighted by molar-refractivity contribution is 0.0481. The largest absolute Gasteiger partial charge is 0.473 e. The average molecular weight is 279 g/mol. The van der Waals surface area contributed by atoms with Gasteiger partial charge in [-0.05, 0) is 52.2 Å². The lowest BCUT2D eigenvalue weighted by Gasteiger charge is -2.24. The average Bonchev–Trinajstić information content (AvgIpc) is 2.53. The molecule has 1 aliphatic heterocycles. The highest BCUT2D eigenvalue weighted by Crippen LogP contribution is 2.28. The Hall–Kier alpha value is -1.49. The highest BCUT2D eigenvalue weighted by molar-refractivity contribution is 5.54. The van der Waals surface area contributed by atoms with Crippen LogP contribution >= 0.6 is 0 Å². The Morgan fingerprint density at radius 1 is 1.35 bits per heavy atom. The van der Waals surface area contributed by atoms with Gasteiger partial charge in [0.2, 0.25) is 5.88 Å². The first-order valence-electron chi connectivity index (χ1n) is 7.28. The molecule has 2 rings (SSSR count). The second-order valence-electron chi connectivity index (χ2n) is 6.07. The number of hydrogen-bond acceptors (Lipinski definition) is 5. The Balaban J connectivity index is 2.16. The molecule has 3 N–H and O–H groups in total. The van der Waals surface area contributed by atoms with Gasteiger partial charge in [-0.3, -0.25) is 0 Å². The van der Waals surface area contributed by atoms with Crippen molar-refractivity contribution in [3.8, 4) is 5.88 Å². The molecule has 0 amide bonds. The maximum absolute atomic E-state index is 10.1. The van der Waals surface area contributed by atoms with Crippen molar-refractivity contribution < 1.29 is 9.84 Å². The number of anilines is 2. The van der Waals surface area contributed by atoms with Gasteiger partial charge in [-0.25, -0.2) is 0 Å². The van der Waals surface area contributed by atoms with Crippen LogP contribution in [0.5, 0.6) is 5.88 Å². The minimum absolute atomic E-state index is 0.0462. The molecule has 112 valence electrons. The molecule has 0 aliphatic carbocycles. The molecule has 1 aliphatic rings. The van der Waals surface area contributed by atoms with E-state index in [-0.39, 0.29) is 6.10 Å². The van der Waals surface area contributed by atoms with Crippen LogP contribution in [-0.4, -0.2) is 34.9 Å². The van der Waals surface area contributed by atoms with Crippen LogP contribution < -0.4 is 15.4 Å². The first-order chi connectivity index (χ1) is 9.37. The zero-order chi connectivity index (χ0) is 14.8. The van der Waals surface area contributed by atoms with Crippen molar-refractivity contribution in [1.29, 1.82) is 0 Å². The van der Waals surface area contributed by atoms with Crippen molar-refractivity contribution in [2.24, 2.45) is 0 Å². The van der Waals surface area contributed by atoms with E-state index in [1.807, 2.05) is 32.9 Å². The van der Waals surface area contributed by atoms with Gasteiger partial charge in [0.15, 0.2) is 0 Å². The second-order valence-corrected chi connectivity index (χ2v) is 6.07. The fraction of sp³-hybridized carbons (Fsp3) is 0.667. The molecule has 0 radical (unpaired) electrons. The molecular formula is C15H25N3O2. The Morgan fingerprint density at radius 3 is 2.80 bits per heavy atom. The Kier molecular flexibility index (Phi) is 4.38. The van der Waals surface area contributed by atoms with E-state index in [1.165, 1.54) is 0 Å². The number of aromatic nitrogens is 1. The summed E-state index contributed by atoms with van der Waals surface area (Å²) in [5.74, 6) is 1.36. The summed E-state index contributed by atoms with van der Waals surface area (Å²) in [6, 6.07) is 3.76. The normalized spacial score (nSPS) is 23.8. The minimum atomic E-state index is -0.570. The molecule has 2 heterocycles. The number of hydrogen-bond donors (Lipinski definition) is 2. The molecule has 5 heteroatoms. The third kappa shape index (κ3) is 3.76. The zero-order valence-electron chi connectivity index (χ0n) is 12.6. The van der Waals surface area contributed by atoms with E-state index in [4.69, 9.17) is 10.5 Å². The summed E-state index contributed by atoms with van der Waals surface area (Å²) in [5.41, 5.74) is 5.89. The van der Waals surface area contributed by atoms with E-state index in [0.29, 0.717) is 11.6 Å². The Morgan fingerprint density at radius 2 is 2.10 bits per heavy atom. The molecule has 0 aromatic carbocycles. The van der Waals surface area contributed by atoms with E-state index in [2.05, 4.69) is 9.88 Å². The van der Waals surface area contributed by atoms with Gasteiger partial charge in [0.05, 0.1) is 17.4 Å². The molecule has 1 aromatic heterocycles. The Bertz CT molecular complexity index is 460. The van der Waals surface area contributed by atoms with Gasteiger partial charge >= 0.3 is 0 Å². The minimum Gasteiger partial charge on any atom is -0.473 e. The maximum atomic E-state index is 10.1. The van der Waals surface area contributed by atoms with Crippen molar-refractivity contribution in [3.05, 3.63) is 12.1 Å². The van der Waals surface area contributed by atoms with E-state index >= 15 is 0 Å². The molecule has 1 saturated heterocycles. The molecule has 1 unspecified atom stereocenters. The van der Waals surface area contributed by atoms with E-state index in [1.54, 1.807) is 0 Å². The molecule has 0 bridgehead atoms. The SMILES string of the molecule is CC(C)Oc1nc(N2CCCC(C)(O)CC2)ccc1N. The smallest absolute Gasteiger partial charge is 0.239 e. The summed E-state index contributed by atoms with van der Waals surface area (Å²) in [5, 5.41) is 10.1. The van der Waals surface area contributed by atoms with Crippen molar-refractivity contribution in [1.82, 2.24) is 4.98 Å². The quantitative estimate of drug-likeness (QED) is 0.887. The van der Waals surface area contributed by atoms with Gasteiger partial charge in [-0.2, -0.15) is 4.98 Å². The summed E-state index contributed by atoms with van der Waals surface area (Å²) in [6.07, 6.45) is 2.58. The van der Waals surface area contributed by atoms with Gasteiger partial charge in [0.1, 0.15) is 5.82 Å². The molecule has 1 aromatic rings. The van der Waals surface area contributed by atoms with Crippen LogP contribution in [0, 0.1) is 0 Å². The van der Waals surface area contributed by atoms with Gasteiger partial charge in [-0.15, -0.1) is 0 Å². The van der Waals surface area contributed by atoms with Crippen LogP contribution in [0.15, 0.2) is 12.1 Å². The predicted octanol–water partition coefficient (Wildman–Crippen LogP) is 2.19. The van der Waals surface area contributed by atoms with Gasteiger partial charge in [0, 0.05) is 13.1 Å². The molecule has 5 nitrogen and oxygen atoms in total. The number of pyridine rings is 1. The van der Waals surface area contributed by atoms with Crippen LogP contribution in [0.2, 0.25) is 0 Å². The molecular weight excluding hydrogens is 254 g/mol. The topological polar surface area (TPSA) is 71.6 Å². The highest BCUT2D eigenvalue weighted by atomic mass is 16.5. The number of rotatable bonds is 3. The number of ether oxygens (including phenoxy) is 1. The molecule has 20 heavy (non-hydrogen) atoms. The molecule has 0 spiro atoms. The van der Waals surface area contributed by atoms with Crippen LogP contribution in [0.3, 0.4) is 0 Å². The molecule has 1 atom stereocenters. The first kappa shape index (κ1) is 14.9. The fourth-order valence-electron chi connectivity index (χ4n) is 2.43. The predicted molar refractivity (Wildman–Crippen MR) is 81.1 cm³/mol. The second kappa shape index (κ2) is 5.87. The Labute approximate surface area is 120 Å². The van der Waals surface area contributed by atoms with Crippen LogP contribution in [-0.2, 0) is 0 Å². The summed E-state index contributed by atoms with van der Waals surface area (Å²) in [6.45, 7) is 7.51. The lowest BCUT2D eigenvalue weighted by Crippen LogP contribution is -2.29. The summed E-state index contributed by atoms with van der Waals surface area (Å²) in [7, 11) is 0. The zero-order valence-corrected chi connectivity index (χ0v) is 12.6. The monoisotopic (exact) mass is 279 g/mol. The van der Waals surface area contributed by atoms with Crippen LogP contribution in [0.1, 0.15) is 40.0 Å². The lowest BCUT2D eigenvalue weighted by atomic mass is 9.98. The third-order valence-corrected chi connectivity index (χ3v) is 3.61. The third-order valence-electron chi connectivity index (χ3n) is 3.61. The fourth-order valence-corrected chi connectivity index (χ4v) is 2.43. The number of nitrogen functional groups attached to an aromatic ring is 1. The van der Waals surface area contributed by atoms with E-state index in [9.17, 15) is 5.11 Å². The van der Waals surface area contributed by atoms with Gasteiger partial charge in [-0.1, -0.05) is 0 Å². The van der Waals surface area contributed by atoms with Crippen molar-refractivity contribution in [2.75, 3.05) is 23.7 Å². The van der Waals surface area contributed by atoms with Crippen LogP contribution in [0.4, 0.5) is 11.5 Å². The van der Waals surface area contributed by atoms with Crippen LogP contribution in [0.25, 0.3) is 0 Å². The summed E-state index contributed by atoms with van der Waals surface area (Å²) in [4.78, 5) is 6.71. The highest BCUT2D eigenvalue weighted by Gasteiger charge is 2.25. The maximum Gasteiger partial charge on any atom is 0.239 e. The summed E-state index contributed by atoms with van der Waals surface area (Å²) >= 11 is 0. The van der Waals surface area contributed by atoms with Crippen molar-refractivity contribution >= 4 is 11.5 Å². The van der Waals surface area contributed by atoms with Crippen molar-refractivity contribution in [2.45, 2.75) is 51.7 Å². The first-order valence-corrected chi connectivity index (χ1v) is 7.28.